The van der Waals surface area contributed by atoms with Crippen LogP contribution in [0.3, 0.4) is 0 Å². The summed E-state index contributed by atoms with van der Waals surface area (Å²) in [6.45, 7) is 0. The number of aromatic hydroxyl groups is 4. The van der Waals surface area contributed by atoms with Crippen LogP contribution < -0.4 is 4.74 Å². The number of Topliss-reactive ketones (excluding diaryl/α,β-unsaturated/α-hetero) is 1. The Morgan fingerprint density at radius 2 is 1.69 bits per heavy atom. The first-order valence-corrected chi connectivity index (χ1v) is 8.37. The van der Waals surface area contributed by atoms with Gasteiger partial charge in [-0.25, -0.2) is 0 Å². The second kappa shape index (κ2) is 7.58. The van der Waals surface area contributed by atoms with Crippen LogP contribution in [-0.4, -0.2) is 49.4 Å². The summed E-state index contributed by atoms with van der Waals surface area (Å²) in [4.78, 5) is 35.6. The normalized spacial score (nSPS) is 17.9. The first kappa shape index (κ1) is 19.8. The first-order chi connectivity index (χ1) is 13.7. The number of carbonyl (C=O) groups excluding carboxylic acids is 2. The van der Waals surface area contributed by atoms with E-state index in [-0.39, 0.29) is 22.6 Å². The van der Waals surface area contributed by atoms with Crippen molar-refractivity contribution in [1.29, 1.82) is 0 Å². The highest BCUT2D eigenvalue weighted by molar-refractivity contribution is 6.06. The van der Waals surface area contributed by atoms with Crippen LogP contribution in [0.5, 0.6) is 28.7 Å². The Hall–Kier alpha value is -3.95. The van der Waals surface area contributed by atoms with Crippen LogP contribution in [-0.2, 0) is 14.3 Å². The van der Waals surface area contributed by atoms with Crippen LogP contribution in [0, 0.1) is 0 Å². The maximum atomic E-state index is 12.9. The molecule has 1 heterocycles. The van der Waals surface area contributed by atoms with Crippen LogP contribution in [0.4, 0.5) is 0 Å². The minimum absolute atomic E-state index is 0.151. The lowest BCUT2D eigenvalue weighted by molar-refractivity contribution is -0.154. The number of esters is 1. The summed E-state index contributed by atoms with van der Waals surface area (Å²) < 4.78 is 10.8. The molecule has 0 saturated carbocycles. The first-order valence-electron chi connectivity index (χ1n) is 8.37. The summed E-state index contributed by atoms with van der Waals surface area (Å²) in [5.41, 5.74) is -0.170. The zero-order valence-electron chi connectivity index (χ0n) is 14.7. The fourth-order valence-corrected chi connectivity index (χ4v) is 2.89. The average molecular weight is 404 g/mol. The molecule has 2 atom stereocenters. The Morgan fingerprint density at radius 1 is 0.966 bits per heavy atom. The fourth-order valence-electron chi connectivity index (χ4n) is 2.89. The molecule has 0 radical (unpaired) electrons. The molecule has 5 N–H and O–H groups in total. The molecular formula is C19H16O10. The standard InChI is InChI=1S/C19H16O10/c20-9-6-12(23)16-13(7-9)28-18(8-1-2-10(21)11(22)5-8)19(17(16)27)29-15(26)4-3-14(24)25/h1-2,5-7,18-23H,3-4H2,(H,24,25). The van der Waals surface area contributed by atoms with Gasteiger partial charge in [0.25, 0.3) is 0 Å². The van der Waals surface area contributed by atoms with Gasteiger partial charge in [-0.2, -0.15) is 0 Å². The van der Waals surface area contributed by atoms with Crippen LogP contribution in [0.1, 0.15) is 34.9 Å². The van der Waals surface area contributed by atoms with Crippen molar-refractivity contribution in [3.63, 3.8) is 0 Å². The smallest absolute Gasteiger partial charge is 0.307 e. The van der Waals surface area contributed by atoms with E-state index in [0.717, 1.165) is 24.3 Å². The number of carboxylic acids is 1. The Kier molecular flexibility index (Phi) is 5.18. The highest BCUT2D eigenvalue weighted by Gasteiger charge is 2.43. The number of aliphatic carboxylic acids is 1. The average Bonchev–Trinajstić information content (AvgIpc) is 2.63. The Bertz CT molecular complexity index is 997. The van der Waals surface area contributed by atoms with Crippen molar-refractivity contribution in [3.8, 4) is 28.7 Å². The van der Waals surface area contributed by atoms with Crippen molar-refractivity contribution in [2.24, 2.45) is 0 Å². The van der Waals surface area contributed by atoms with Crippen molar-refractivity contribution in [1.82, 2.24) is 0 Å². The third-order valence-electron chi connectivity index (χ3n) is 4.23. The molecule has 1 aliphatic rings. The predicted molar refractivity (Wildman–Crippen MR) is 94.0 cm³/mol. The molecule has 0 saturated heterocycles. The minimum atomic E-state index is -1.61. The van der Waals surface area contributed by atoms with Crippen molar-refractivity contribution in [3.05, 3.63) is 41.5 Å². The highest BCUT2D eigenvalue weighted by Crippen LogP contribution is 2.43. The number of benzene rings is 2. The molecule has 2 aromatic rings. The number of ketones is 1. The highest BCUT2D eigenvalue weighted by atomic mass is 16.6. The van der Waals surface area contributed by atoms with E-state index in [0.29, 0.717) is 0 Å². The predicted octanol–water partition coefficient (Wildman–Crippen LogP) is 1.60. The Morgan fingerprint density at radius 3 is 2.34 bits per heavy atom. The monoisotopic (exact) mass is 404 g/mol. The number of carboxylic acid groups (broad SMARTS) is 1. The van der Waals surface area contributed by atoms with Gasteiger partial charge in [0.15, 0.2) is 17.6 Å². The quantitative estimate of drug-likeness (QED) is 0.364. The molecule has 10 heteroatoms. The lowest BCUT2D eigenvalue weighted by atomic mass is 9.92. The number of fused-ring (bicyclic) bond motifs is 1. The molecular weight excluding hydrogens is 388 g/mol. The number of hydrogen-bond donors (Lipinski definition) is 5. The van der Waals surface area contributed by atoms with Gasteiger partial charge in [0.05, 0.1) is 12.8 Å². The summed E-state index contributed by atoms with van der Waals surface area (Å²) in [6, 6.07) is 5.55. The van der Waals surface area contributed by atoms with Crippen LogP contribution in [0.25, 0.3) is 0 Å². The van der Waals surface area contributed by atoms with Gasteiger partial charge >= 0.3 is 11.9 Å². The number of phenols is 4. The van der Waals surface area contributed by atoms with E-state index >= 15 is 0 Å². The Balaban J connectivity index is 2.02. The third kappa shape index (κ3) is 4.00. The van der Waals surface area contributed by atoms with E-state index in [1.165, 1.54) is 6.07 Å². The lowest BCUT2D eigenvalue weighted by Crippen LogP contribution is -2.40. The number of rotatable bonds is 5. The van der Waals surface area contributed by atoms with Crippen LogP contribution >= 0.6 is 0 Å². The van der Waals surface area contributed by atoms with Gasteiger partial charge in [-0.05, 0) is 12.1 Å². The molecule has 10 nitrogen and oxygen atoms in total. The summed E-state index contributed by atoms with van der Waals surface area (Å²) in [5, 5.41) is 47.6. The van der Waals surface area contributed by atoms with Gasteiger partial charge in [-0.1, -0.05) is 6.07 Å². The molecule has 29 heavy (non-hydrogen) atoms. The van der Waals surface area contributed by atoms with Gasteiger partial charge in [-0.3, -0.25) is 14.4 Å². The topological polar surface area (TPSA) is 171 Å². The lowest BCUT2D eigenvalue weighted by Gasteiger charge is -2.32. The summed E-state index contributed by atoms with van der Waals surface area (Å²) in [5.74, 6) is -5.15. The fraction of sp³-hybridized carbons (Fsp3) is 0.211. The van der Waals surface area contributed by atoms with Crippen molar-refractivity contribution in [2.45, 2.75) is 25.0 Å². The van der Waals surface area contributed by atoms with Gasteiger partial charge in [0.1, 0.15) is 22.8 Å². The second-order valence-electron chi connectivity index (χ2n) is 6.29. The van der Waals surface area contributed by atoms with E-state index in [2.05, 4.69) is 0 Å². The number of phenolic OH excluding ortho intramolecular Hbond substituents is 4. The maximum absolute atomic E-state index is 12.9. The van der Waals surface area contributed by atoms with Crippen molar-refractivity contribution >= 4 is 17.7 Å². The molecule has 0 aromatic heterocycles. The molecule has 3 rings (SSSR count). The number of carbonyl (C=O) groups is 3. The molecule has 0 bridgehead atoms. The zero-order chi connectivity index (χ0) is 21.3. The molecule has 0 aliphatic carbocycles. The second-order valence-corrected chi connectivity index (χ2v) is 6.29. The van der Waals surface area contributed by atoms with Crippen molar-refractivity contribution in [2.75, 3.05) is 0 Å². The largest absolute Gasteiger partial charge is 0.508 e. The van der Waals surface area contributed by atoms with Crippen molar-refractivity contribution < 1.29 is 49.4 Å². The van der Waals surface area contributed by atoms with E-state index in [4.69, 9.17) is 14.6 Å². The summed E-state index contributed by atoms with van der Waals surface area (Å²) in [7, 11) is 0. The van der Waals surface area contributed by atoms with Gasteiger partial charge < -0.3 is 35.0 Å². The van der Waals surface area contributed by atoms with Crippen LogP contribution in [0.2, 0.25) is 0 Å². The van der Waals surface area contributed by atoms with E-state index in [1.807, 2.05) is 0 Å². The van der Waals surface area contributed by atoms with E-state index in [1.54, 1.807) is 0 Å². The third-order valence-corrected chi connectivity index (χ3v) is 4.23. The van der Waals surface area contributed by atoms with Gasteiger partial charge in [-0.15, -0.1) is 0 Å². The molecule has 0 spiro atoms. The summed E-state index contributed by atoms with van der Waals surface area (Å²) in [6.07, 6.45) is -3.91. The van der Waals surface area contributed by atoms with E-state index in [9.17, 15) is 34.8 Å². The minimum Gasteiger partial charge on any atom is -0.508 e. The SMILES string of the molecule is O=C(O)CCC(=O)OC1C(=O)c2c(O)cc(O)cc2OC1c1ccc(O)c(O)c1. The summed E-state index contributed by atoms with van der Waals surface area (Å²) >= 11 is 0. The number of hydrogen-bond acceptors (Lipinski definition) is 9. The van der Waals surface area contributed by atoms with Gasteiger partial charge in [0, 0.05) is 17.7 Å². The zero-order valence-corrected chi connectivity index (χ0v) is 14.7. The maximum Gasteiger partial charge on any atom is 0.307 e. The van der Waals surface area contributed by atoms with E-state index < -0.39 is 60.0 Å². The molecule has 2 unspecified atom stereocenters. The molecule has 152 valence electrons. The van der Waals surface area contributed by atoms with Gasteiger partial charge in [0.2, 0.25) is 11.9 Å². The molecule has 2 aromatic carbocycles. The molecule has 1 aliphatic heterocycles. The van der Waals surface area contributed by atoms with Crippen LogP contribution in [0.15, 0.2) is 30.3 Å². The molecule has 0 fully saturated rings. The molecule has 0 amide bonds. The number of ether oxygens (including phenoxy) is 2. The Labute approximate surface area is 163 Å².